The lowest BCUT2D eigenvalue weighted by molar-refractivity contribution is -0.384. The Kier molecular flexibility index (Phi) is 6.45. The van der Waals surface area contributed by atoms with E-state index in [2.05, 4.69) is 4.57 Å². The normalized spacial score (nSPS) is 14.7. The van der Waals surface area contributed by atoms with E-state index in [0.29, 0.717) is 29.6 Å². The van der Waals surface area contributed by atoms with Gasteiger partial charge in [-0.25, -0.2) is 0 Å². The minimum atomic E-state index is -0.407. The third kappa shape index (κ3) is 4.56. The molecule has 0 radical (unpaired) electrons. The zero-order valence-electron chi connectivity index (χ0n) is 20.3. The number of nitro benzene ring substituents is 1. The molecule has 1 fully saturated rings. The number of benzene rings is 3. The van der Waals surface area contributed by atoms with Crippen molar-refractivity contribution in [3.63, 3.8) is 0 Å². The molecule has 1 saturated heterocycles. The fourth-order valence-corrected chi connectivity index (χ4v) is 4.72. The van der Waals surface area contributed by atoms with Crippen LogP contribution in [0, 0.1) is 10.1 Å². The predicted octanol–water partition coefficient (Wildman–Crippen LogP) is 5.60. The van der Waals surface area contributed by atoms with Crippen LogP contribution < -0.4 is 9.64 Å². The van der Waals surface area contributed by atoms with E-state index in [0.717, 1.165) is 27.8 Å². The maximum atomic E-state index is 13.5. The predicted molar refractivity (Wildman–Crippen MR) is 148 cm³/mol. The molecule has 3 aromatic carbocycles. The Balaban J connectivity index is 1.48. The van der Waals surface area contributed by atoms with Gasteiger partial charge in [0.25, 0.3) is 11.6 Å². The molecular formula is C28H24N4O4S. The average molecular weight is 513 g/mol. The summed E-state index contributed by atoms with van der Waals surface area (Å²) in [5.74, 6) is 0.526. The van der Waals surface area contributed by atoms with Gasteiger partial charge in [0.05, 0.1) is 17.2 Å². The number of carbonyl (C=O) groups excluding carboxylic acids is 1. The van der Waals surface area contributed by atoms with Gasteiger partial charge in [0.2, 0.25) is 0 Å². The van der Waals surface area contributed by atoms with Gasteiger partial charge in [-0.1, -0.05) is 30.3 Å². The van der Waals surface area contributed by atoms with Crippen LogP contribution in [0.3, 0.4) is 0 Å². The third-order valence-corrected chi connectivity index (χ3v) is 6.74. The molecule has 9 heteroatoms. The number of aromatic nitrogens is 1. The van der Waals surface area contributed by atoms with Gasteiger partial charge in [-0.3, -0.25) is 19.8 Å². The molecule has 0 saturated carbocycles. The van der Waals surface area contributed by atoms with Crippen molar-refractivity contribution in [1.82, 2.24) is 9.47 Å². The molecule has 1 aliphatic heterocycles. The molecular weight excluding hydrogens is 488 g/mol. The minimum absolute atomic E-state index is 0.0578. The van der Waals surface area contributed by atoms with Gasteiger partial charge >= 0.3 is 0 Å². The Bertz CT molecular complexity index is 1540. The number of non-ortho nitro benzene ring substituents is 1. The standard InChI is InChI=1S/C28H24N4O4S/c1-3-36-23-14-12-21(13-15-23)31-27(33)26(29(2)28(31)37)16-20-18-30(25-7-5-4-6-24(20)25)17-19-8-10-22(11-9-19)32(34)35/h4-16,18H,3,17H2,1-2H3/b26-16-. The molecule has 8 nitrogen and oxygen atoms in total. The summed E-state index contributed by atoms with van der Waals surface area (Å²) in [6.45, 7) is 3.01. The van der Waals surface area contributed by atoms with Crippen molar-refractivity contribution in [2.75, 3.05) is 18.6 Å². The number of likely N-dealkylation sites (N-methyl/N-ethyl adjacent to an activating group) is 1. The number of nitrogens with zero attached hydrogens (tertiary/aromatic N) is 4. The topological polar surface area (TPSA) is 80.8 Å². The van der Waals surface area contributed by atoms with Crippen LogP contribution in [-0.4, -0.2) is 39.1 Å². The highest BCUT2D eigenvalue weighted by Gasteiger charge is 2.37. The van der Waals surface area contributed by atoms with Gasteiger partial charge in [-0.05, 0) is 61.1 Å². The van der Waals surface area contributed by atoms with Crippen LogP contribution in [0.5, 0.6) is 5.75 Å². The number of hydrogen-bond acceptors (Lipinski definition) is 5. The van der Waals surface area contributed by atoms with E-state index in [1.165, 1.54) is 17.0 Å². The molecule has 37 heavy (non-hydrogen) atoms. The summed E-state index contributed by atoms with van der Waals surface area (Å²) in [5.41, 5.74) is 4.01. The Morgan fingerprint density at radius 2 is 1.73 bits per heavy atom. The maximum absolute atomic E-state index is 13.5. The van der Waals surface area contributed by atoms with Crippen molar-refractivity contribution in [2.45, 2.75) is 13.5 Å². The molecule has 0 atom stereocenters. The number of rotatable bonds is 7. The van der Waals surface area contributed by atoms with Crippen LogP contribution in [-0.2, 0) is 11.3 Å². The van der Waals surface area contributed by atoms with Crippen molar-refractivity contribution in [3.8, 4) is 5.75 Å². The Hall–Kier alpha value is -4.50. The van der Waals surface area contributed by atoms with Crippen molar-refractivity contribution >= 4 is 51.6 Å². The van der Waals surface area contributed by atoms with E-state index in [9.17, 15) is 14.9 Å². The first kappa shape index (κ1) is 24.2. The molecule has 0 aliphatic carbocycles. The molecule has 186 valence electrons. The van der Waals surface area contributed by atoms with Gasteiger partial charge in [0, 0.05) is 48.4 Å². The van der Waals surface area contributed by atoms with E-state index in [-0.39, 0.29) is 11.6 Å². The first-order valence-corrected chi connectivity index (χ1v) is 12.2. The van der Waals surface area contributed by atoms with Gasteiger partial charge in [0.1, 0.15) is 11.4 Å². The summed E-state index contributed by atoms with van der Waals surface area (Å²) < 4.78 is 7.58. The van der Waals surface area contributed by atoms with Crippen LogP contribution in [0.1, 0.15) is 18.1 Å². The smallest absolute Gasteiger partial charge is 0.281 e. The molecule has 0 N–H and O–H groups in total. The van der Waals surface area contributed by atoms with Crippen LogP contribution in [0.25, 0.3) is 17.0 Å². The van der Waals surface area contributed by atoms with Crippen LogP contribution in [0.4, 0.5) is 11.4 Å². The number of hydrogen-bond donors (Lipinski definition) is 0. The number of amides is 1. The van der Waals surface area contributed by atoms with E-state index in [1.54, 1.807) is 24.1 Å². The molecule has 1 aliphatic rings. The summed E-state index contributed by atoms with van der Waals surface area (Å²) >= 11 is 5.62. The summed E-state index contributed by atoms with van der Waals surface area (Å²) in [7, 11) is 1.79. The summed E-state index contributed by atoms with van der Waals surface area (Å²) in [5, 5.41) is 12.4. The number of para-hydroxylation sites is 1. The largest absolute Gasteiger partial charge is 0.494 e. The van der Waals surface area contributed by atoms with E-state index >= 15 is 0 Å². The number of thiocarbonyl (C=S) groups is 1. The molecule has 5 rings (SSSR count). The molecule has 4 aromatic rings. The zero-order chi connectivity index (χ0) is 26.1. The summed E-state index contributed by atoms with van der Waals surface area (Å²) in [6, 6.07) is 21.8. The van der Waals surface area contributed by atoms with Crippen LogP contribution >= 0.6 is 12.2 Å². The van der Waals surface area contributed by atoms with Crippen molar-refractivity contribution in [3.05, 3.63) is 106 Å². The quantitative estimate of drug-likeness (QED) is 0.139. The Labute approximate surface area is 219 Å². The molecule has 0 spiro atoms. The number of anilines is 1. The molecule has 0 bridgehead atoms. The SMILES string of the molecule is CCOc1ccc(N2C(=O)/C(=C/c3cn(Cc4ccc([N+](=O)[O-])cc4)c4ccccc34)N(C)C2=S)cc1. The lowest BCUT2D eigenvalue weighted by Gasteiger charge is -2.16. The van der Waals surface area contributed by atoms with E-state index < -0.39 is 4.92 Å². The second-order valence-electron chi connectivity index (χ2n) is 8.59. The highest BCUT2D eigenvalue weighted by molar-refractivity contribution is 7.80. The lowest BCUT2D eigenvalue weighted by Crippen LogP contribution is -2.31. The van der Waals surface area contributed by atoms with Gasteiger partial charge < -0.3 is 14.2 Å². The Morgan fingerprint density at radius 3 is 2.41 bits per heavy atom. The highest BCUT2D eigenvalue weighted by atomic mass is 32.1. The first-order chi connectivity index (χ1) is 17.9. The average Bonchev–Trinajstić information content (AvgIpc) is 3.35. The van der Waals surface area contributed by atoms with Crippen molar-refractivity contribution in [1.29, 1.82) is 0 Å². The van der Waals surface area contributed by atoms with Crippen LogP contribution in [0.15, 0.2) is 84.7 Å². The fraction of sp³-hybridized carbons (Fsp3) is 0.143. The maximum Gasteiger partial charge on any atom is 0.281 e. The second kappa shape index (κ2) is 9.87. The Morgan fingerprint density at radius 1 is 1.03 bits per heavy atom. The minimum Gasteiger partial charge on any atom is -0.494 e. The summed E-state index contributed by atoms with van der Waals surface area (Å²) in [4.78, 5) is 27.3. The van der Waals surface area contributed by atoms with Gasteiger partial charge in [-0.15, -0.1) is 0 Å². The molecule has 2 heterocycles. The third-order valence-electron chi connectivity index (χ3n) is 6.28. The lowest BCUT2D eigenvalue weighted by atomic mass is 10.1. The molecule has 1 amide bonds. The zero-order valence-corrected chi connectivity index (χ0v) is 21.1. The van der Waals surface area contributed by atoms with Gasteiger partial charge in [0.15, 0.2) is 5.11 Å². The number of nitro groups is 1. The summed E-state index contributed by atoms with van der Waals surface area (Å²) in [6.07, 6.45) is 3.85. The van der Waals surface area contributed by atoms with E-state index in [4.69, 9.17) is 17.0 Å². The van der Waals surface area contributed by atoms with E-state index in [1.807, 2.05) is 67.7 Å². The van der Waals surface area contributed by atoms with Crippen molar-refractivity contribution in [2.24, 2.45) is 0 Å². The molecule has 1 aromatic heterocycles. The number of carbonyl (C=O) groups is 1. The monoisotopic (exact) mass is 512 g/mol. The molecule has 0 unspecified atom stereocenters. The highest BCUT2D eigenvalue weighted by Crippen LogP contribution is 2.31. The van der Waals surface area contributed by atoms with Crippen molar-refractivity contribution < 1.29 is 14.5 Å². The van der Waals surface area contributed by atoms with Gasteiger partial charge in [-0.2, -0.15) is 0 Å². The first-order valence-electron chi connectivity index (χ1n) is 11.7. The number of fused-ring (bicyclic) bond motifs is 1. The fourth-order valence-electron chi connectivity index (χ4n) is 4.43. The number of ether oxygens (including phenoxy) is 1. The second-order valence-corrected chi connectivity index (χ2v) is 8.96. The van der Waals surface area contributed by atoms with Crippen LogP contribution in [0.2, 0.25) is 0 Å².